The molecule has 1 fully saturated rings. The van der Waals surface area contributed by atoms with Crippen LogP contribution >= 0.6 is 11.8 Å². The Morgan fingerprint density at radius 1 is 1.80 bits per heavy atom. The van der Waals surface area contributed by atoms with E-state index in [-0.39, 0.29) is 0 Å². The van der Waals surface area contributed by atoms with Gasteiger partial charge in [0.2, 0.25) is 0 Å². The van der Waals surface area contributed by atoms with Crippen LogP contribution in [0.1, 0.15) is 12.8 Å². The SMILES string of the molecule is CSCC(=NC1CC1)NN. The lowest BCUT2D eigenvalue weighted by Crippen LogP contribution is -2.32. The van der Waals surface area contributed by atoms with Gasteiger partial charge in [0.15, 0.2) is 0 Å². The first-order valence-electron chi connectivity index (χ1n) is 3.39. The van der Waals surface area contributed by atoms with Crippen LogP contribution in [-0.4, -0.2) is 23.9 Å². The Morgan fingerprint density at radius 3 is 2.90 bits per heavy atom. The quantitative estimate of drug-likeness (QED) is 0.271. The molecule has 3 N–H and O–H groups in total. The van der Waals surface area contributed by atoms with Crippen LogP contribution in [0.5, 0.6) is 0 Å². The molecule has 0 spiro atoms. The van der Waals surface area contributed by atoms with Gasteiger partial charge < -0.3 is 5.43 Å². The lowest BCUT2D eigenvalue weighted by molar-refractivity contribution is 0.966. The molecular weight excluding hydrogens is 146 g/mol. The molecule has 3 nitrogen and oxygen atoms in total. The fourth-order valence-corrected chi connectivity index (χ4v) is 1.11. The molecule has 4 heteroatoms. The number of nitrogens with zero attached hydrogens (tertiary/aromatic N) is 1. The highest BCUT2D eigenvalue weighted by molar-refractivity contribution is 7.99. The molecule has 1 saturated carbocycles. The molecule has 0 saturated heterocycles. The number of nitrogens with two attached hydrogens (primary N) is 1. The van der Waals surface area contributed by atoms with Crippen molar-refractivity contribution in [1.29, 1.82) is 0 Å². The molecule has 0 aromatic carbocycles. The van der Waals surface area contributed by atoms with Crippen molar-refractivity contribution in [2.45, 2.75) is 18.9 Å². The number of rotatable bonds is 3. The summed E-state index contributed by atoms with van der Waals surface area (Å²) >= 11 is 1.73. The van der Waals surface area contributed by atoms with Crippen molar-refractivity contribution in [2.75, 3.05) is 12.0 Å². The first-order valence-corrected chi connectivity index (χ1v) is 4.78. The van der Waals surface area contributed by atoms with Crippen LogP contribution in [-0.2, 0) is 0 Å². The Hall–Kier alpha value is -0.220. The Labute approximate surface area is 65.4 Å². The van der Waals surface area contributed by atoms with Gasteiger partial charge >= 0.3 is 0 Å². The Balaban J connectivity index is 2.29. The molecule has 0 atom stereocenters. The van der Waals surface area contributed by atoms with E-state index < -0.39 is 0 Å². The summed E-state index contributed by atoms with van der Waals surface area (Å²) in [4.78, 5) is 4.36. The largest absolute Gasteiger partial charge is 0.312 e. The fourth-order valence-electron chi connectivity index (χ4n) is 0.677. The predicted molar refractivity (Wildman–Crippen MR) is 46.2 cm³/mol. The summed E-state index contributed by atoms with van der Waals surface area (Å²) in [6.07, 6.45) is 4.51. The van der Waals surface area contributed by atoms with E-state index in [2.05, 4.69) is 10.4 Å². The van der Waals surface area contributed by atoms with Gasteiger partial charge in [0.25, 0.3) is 0 Å². The summed E-state index contributed by atoms with van der Waals surface area (Å²) in [5, 5.41) is 0. The first kappa shape index (κ1) is 7.88. The average molecular weight is 159 g/mol. The number of nitrogens with one attached hydrogen (secondary N) is 1. The van der Waals surface area contributed by atoms with Gasteiger partial charge in [0, 0.05) is 0 Å². The highest BCUT2D eigenvalue weighted by Gasteiger charge is 2.20. The van der Waals surface area contributed by atoms with E-state index in [4.69, 9.17) is 5.84 Å². The third kappa shape index (κ3) is 2.58. The predicted octanol–water partition coefficient (Wildman–Crippen LogP) is 0.374. The minimum absolute atomic E-state index is 0.568. The summed E-state index contributed by atoms with van der Waals surface area (Å²) in [6, 6.07) is 0.568. The van der Waals surface area contributed by atoms with Crippen LogP contribution < -0.4 is 11.3 Å². The van der Waals surface area contributed by atoms with Crippen LogP contribution in [0, 0.1) is 0 Å². The standard InChI is InChI=1S/C6H13N3S/c1-10-4-6(9-7)8-5-2-3-5/h5H,2-4,7H2,1H3,(H,8,9). The molecule has 10 heavy (non-hydrogen) atoms. The van der Waals surface area contributed by atoms with Gasteiger partial charge in [-0.25, -0.2) is 5.84 Å². The lowest BCUT2D eigenvalue weighted by Gasteiger charge is -2.01. The highest BCUT2D eigenvalue weighted by Crippen LogP contribution is 2.23. The monoisotopic (exact) mass is 159 g/mol. The topological polar surface area (TPSA) is 50.4 Å². The van der Waals surface area contributed by atoms with Crippen molar-refractivity contribution in [3.63, 3.8) is 0 Å². The molecule has 0 amide bonds. The second-order valence-corrected chi connectivity index (χ2v) is 3.25. The van der Waals surface area contributed by atoms with Crippen LogP contribution in [0.4, 0.5) is 0 Å². The number of amidine groups is 1. The maximum absolute atomic E-state index is 5.24. The normalized spacial score (nSPS) is 19.2. The number of aliphatic imine (C=N–C) groups is 1. The summed E-state index contributed by atoms with van der Waals surface area (Å²) in [6.45, 7) is 0. The van der Waals surface area contributed by atoms with E-state index in [1.165, 1.54) is 12.8 Å². The zero-order valence-corrected chi connectivity index (χ0v) is 6.95. The molecule has 0 aromatic heterocycles. The molecule has 0 aromatic rings. The van der Waals surface area contributed by atoms with Crippen LogP contribution in [0.2, 0.25) is 0 Å². The molecule has 0 unspecified atom stereocenters. The summed E-state index contributed by atoms with van der Waals surface area (Å²) in [5.74, 6) is 7.06. The van der Waals surface area contributed by atoms with Crippen molar-refractivity contribution in [2.24, 2.45) is 10.8 Å². The Kier molecular flexibility index (Phi) is 3.02. The number of hydrogen-bond acceptors (Lipinski definition) is 3. The number of hydrogen-bond donors (Lipinski definition) is 2. The molecule has 0 bridgehead atoms. The van der Waals surface area contributed by atoms with E-state index in [1.807, 2.05) is 6.26 Å². The second kappa shape index (κ2) is 3.83. The van der Waals surface area contributed by atoms with Gasteiger partial charge in [-0.1, -0.05) is 0 Å². The van der Waals surface area contributed by atoms with E-state index in [0.29, 0.717) is 6.04 Å². The van der Waals surface area contributed by atoms with Gasteiger partial charge in [-0.2, -0.15) is 11.8 Å². The Morgan fingerprint density at radius 2 is 2.50 bits per heavy atom. The lowest BCUT2D eigenvalue weighted by atomic mass is 10.6. The Bertz CT molecular complexity index is 131. The molecule has 1 aliphatic carbocycles. The van der Waals surface area contributed by atoms with E-state index in [9.17, 15) is 0 Å². The third-order valence-electron chi connectivity index (χ3n) is 1.33. The van der Waals surface area contributed by atoms with Crippen molar-refractivity contribution >= 4 is 17.6 Å². The highest BCUT2D eigenvalue weighted by atomic mass is 32.2. The molecule has 0 aliphatic heterocycles. The van der Waals surface area contributed by atoms with Gasteiger partial charge in [0.1, 0.15) is 5.84 Å². The van der Waals surface area contributed by atoms with Crippen LogP contribution in [0.15, 0.2) is 4.99 Å². The van der Waals surface area contributed by atoms with E-state index >= 15 is 0 Å². The maximum Gasteiger partial charge on any atom is 0.121 e. The fraction of sp³-hybridized carbons (Fsp3) is 0.833. The van der Waals surface area contributed by atoms with Gasteiger partial charge in [-0.05, 0) is 19.1 Å². The van der Waals surface area contributed by atoms with Crippen molar-refractivity contribution in [3.8, 4) is 0 Å². The third-order valence-corrected chi connectivity index (χ3v) is 1.90. The number of hydrazine groups is 1. The molecule has 0 radical (unpaired) electrons. The molecule has 0 heterocycles. The first-order chi connectivity index (χ1) is 4.86. The second-order valence-electron chi connectivity index (χ2n) is 2.38. The van der Waals surface area contributed by atoms with E-state index in [0.717, 1.165) is 11.6 Å². The van der Waals surface area contributed by atoms with E-state index in [1.54, 1.807) is 11.8 Å². The average Bonchev–Trinajstić information content (AvgIpc) is 2.71. The van der Waals surface area contributed by atoms with Crippen molar-refractivity contribution in [3.05, 3.63) is 0 Å². The molecular formula is C6H13N3S. The summed E-state index contributed by atoms with van der Waals surface area (Å²) < 4.78 is 0. The van der Waals surface area contributed by atoms with Crippen molar-refractivity contribution in [1.82, 2.24) is 5.43 Å². The minimum atomic E-state index is 0.568. The molecule has 1 aliphatic rings. The summed E-state index contributed by atoms with van der Waals surface area (Å²) in [5.41, 5.74) is 2.60. The zero-order chi connectivity index (χ0) is 7.40. The van der Waals surface area contributed by atoms with Crippen LogP contribution in [0.3, 0.4) is 0 Å². The van der Waals surface area contributed by atoms with Gasteiger partial charge in [-0.15, -0.1) is 0 Å². The molecule has 58 valence electrons. The minimum Gasteiger partial charge on any atom is -0.312 e. The maximum atomic E-state index is 5.24. The zero-order valence-electron chi connectivity index (χ0n) is 6.13. The smallest absolute Gasteiger partial charge is 0.121 e. The molecule has 1 rings (SSSR count). The summed E-state index contributed by atoms with van der Waals surface area (Å²) in [7, 11) is 0. The number of thioether (sulfide) groups is 1. The van der Waals surface area contributed by atoms with Crippen molar-refractivity contribution < 1.29 is 0 Å². The van der Waals surface area contributed by atoms with Crippen LogP contribution in [0.25, 0.3) is 0 Å². The van der Waals surface area contributed by atoms with Gasteiger partial charge in [0.05, 0.1) is 11.8 Å². The van der Waals surface area contributed by atoms with Gasteiger partial charge in [-0.3, -0.25) is 4.99 Å².